The Bertz CT molecular complexity index is 817. The lowest BCUT2D eigenvalue weighted by Crippen LogP contribution is -2.48. The van der Waals surface area contributed by atoms with Gasteiger partial charge < -0.3 is 46.9 Å². The topological polar surface area (TPSA) is 264 Å². The number of carboxylic acid groups (broad SMARTS) is 2. The Kier molecular flexibility index (Phi) is 11.7. The number of primary amides is 1. The van der Waals surface area contributed by atoms with Crippen molar-refractivity contribution >= 4 is 23.9 Å². The molecule has 0 unspecified atom stereocenters. The van der Waals surface area contributed by atoms with Crippen molar-refractivity contribution in [3.8, 4) is 0 Å². The Hall–Kier alpha value is -3.51. The van der Waals surface area contributed by atoms with Crippen LogP contribution in [0, 0.1) is 0 Å². The number of nitrogens with two attached hydrogens (primary N) is 2. The minimum absolute atomic E-state index is 0.00876. The molecule has 0 aromatic carbocycles. The van der Waals surface area contributed by atoms with Crippen molar-refractivity contribution in [1.82, 2.24) is 20.8 Å². The van der Waals surface area contributed by atoms with E-state index in [1.54, 1.807) is 0 Å². The molecule has 0 aliphatic rings. The molecule has 33 heavy (non-hydrogen) atoms. The predicted octanol–water partition coefficient (Wildman–Crippen LogP) is -1.87. The van der Waals surface area contributed by atoms with E-state index < -0.39 is 60.9 Å². The fourth-order valence-electron chi connectivity index (χ4n) is 1.82. The molecule has 18 heteroatoms. The van der Waals surface area contributed by atoms with Gasteiger partial charge in [-0.1, -0.05) is 0 Å². The molecule has 0 aliphatic carbocycles. The number of urea groups is 1. The number of nitrogens with one attached hydrogen (secondary N) is 2. The van der Waals surface area contributed by atoms with Crippen molar-refractivity contribution in [2.24, 2.45) is 11.5 Å². The van der Waals surface area contributed by atoms with Crippen molar-refractivity contribution in [2.45, 2.75) is 50.2 Å². The number of aliphatic hydroxyl groups is 2. The number of halogens is 3. The van der Waals surface area contributed by atoms with Gasteiger partial charge in [0.05, 0.1) is 12.7 Å². The molecule has 1 aromatic heterocycles. The third-order valence-corrected chi connectivity index (χ3v) is 3.57. The fraction of sp³-hybridized carbons (Fsp3) is 0.600. The largest absolute Gasteiger partial charge is 0.490 e. The number of aliphatic carboxylic acids is 2. The summed E-state index contributed by atoms with van der Waals surface area (Å²) in [4.78, 5) is 42.7. The standard InChI is InChI=1S/C13H22N6O7.C2HF3O2/c1-5(21)9(15)11-19-18-10(26-11)6(2-3-8(14)22)16-13(25)17-7(4-20)12(23)24;3-2(4,5)1(6)7/h5-7,9,20-21H,2-4,15H2,1H3,(H2,14,22)(H,23,24)(H2,16,17,25);(H,6,7)/t5-,6+,7+,9+;/m1./s1. The molecule has 0 saturated heterocycles. The normalized spacial score (nSPS) is 14.6. The van der Waals surface area contributed by atoms with E-state index in [2.05, 4.69) is 15.5 Å². The minimum Gasteiger partial charge on any atom is -0.480 e. The molecule has 0 fully saturated rings. The number of aromatic nitrogens is 2. The highest BCUT2D eigenvalue weighted by Crippen LogP contribution is 2.20. The summed E-state index contributed by atoms with van der Waals surface area (Å²) < 4.78 is 37.0. The van der Waals surface area contributed by atoms with Gasteiger partial charge in [-0.3, -0.25) is 4.79 Å². The third kappa shape index (κ3) is 11.1. The molecule has 0 spiro atoms. The van der Waals surface area contributed by atoms with E-state index in [1.807, 2.05) is 5.32 Å². The summed E-state index contributed by atoms with van der Waals surface area (Å²) in [6, 6.07) is -4.39. The molecule has 1 rings (SSSR count). The number of amides is 3. The maximum absolute atomic E-state index is 11.9. The summed E-state index contributed by atoms with van der Waals surface area (Å²) in [5.41, 5.74) is 10.8. The fourth-order valence-corrected chi connectivity index (χ4v) is 1.82. The highest BCUT2D eigenvalue weighted by Gasteiger charge is 2.38. The molecule has 0 aliphatic heterocycles. The second-order valence-corrected chi connectivity index (χ2v) is 6.30. The number of hydrogen-bond acceptors (Lipinski definition) is 10. The molecule has 0 bridgehead atoms. The maximum atomic E-state index is 11.9. The molecule has 3 amide bonds. The number of aliphatic hydroxyl groups excluding tert-OH is 2. The zero-order chi connectivity index (χ0) is 25.9. The summed E-state index contributed by atoms with van der Waals surface area (Å²) in [5, 5.41) is 46.1. The van der Waals surface area contributed by atoms with E-state index in [0.717, 1.165) is 0 Å². The van der Waals surface area contributed by atoms with Crippen molar-refractivity contribution in [2.75, 3.05) is 6.61 Å². The highest BCUT2D eigenvalue weighted by molar-refractivity contribution is 5.82. The van der Waals surface area contributed by atoms with Crippen LogP contribution in [0.4, 0.5) is 18.0 Å². The summed E-state index contributed by atoms with van der Waals surface area (Å²) >= 11 is 0. The molecule has 1 heterocycles. The lowest BCUT2D eigenvalue weighted by Gasteiger charge is -2.17. The van der Waals surface area contributed by atoms with Gasteiger partial charge in [-0.05, 0) is 13.3 Å². The molecule has 10 N–H and O–H groups in total. The molecule has 1 aromatic rings. The van der Waals surface area contributed by atoms with Crippen molar-refractivity contribution in [3.63, 3.8) is 0 Å². The Morgan fingerprint density at radius 1 is 1.12 bits per heavy atom. The van der Waals surface area contributed by atoms with Crippen LogP contribution < -0.4 is 22.1 Å². The predicted molar refractivity (Wildman–Crippen MR) is 97.9 cm³/mol. The van der Waals surface area contributed by atoms with Crippen LogP contribution in [0.2, 0.25) is 0 Å². The number of carbonyl (C=O) groups excluding carboxylic acids is 2. The average Bonchev–Trinajstić information content (AvgIpc) is 3.17. The van der Waals surface area contributed by atoms with Crippen molar-refractivity contribution in [1.29, 1.82) is 0 Å². The van der Waals surface area contributed by atoms with Gasteiger partial charge >= 0.3 is 24.1 Å². The quantitative estimate of drug-likeness (QED) is 0.180. The zero-order valence-corrected chi connectivity index (χ0v) is 16.9. The Labute approximate surface area is 182 Å². The van der Waals surface area contributed by atoms with Crippen molar-refractivity contribution in [3.05, 3.63) is 11.8 Å². The molecule has 0 saturated carbocycles. The summed E-state index contributed by atoms with van der Waals surface area (Å²) in [7, 11) is 0. The molecule has 188 valence electrons. The molecular formula is C15H23F3N6O9. The van der Waals surface area contributed by atoms with E-state index in [0.29, 0.717) is 0 Å². The van der Waals surface area contributed by atoms with Gasteiger partial charge in [-0.2, -0.15) is 13.2 Å². The SMILES string of the molecule is C[C@@H](O)[C@H](N)c1nnc([C@H](CCC(N)=O)NC(=O)N[C@@H](CO)C(=O)O)o1.O=C(O)C(F)(F)F. The second-order valence-electron chi connectivity index (χ2n) is 6.30. The lowest BCUT2D eigenvalue weighted by atomic mass is 10.1. The van der Waals surface area contributed by atoms with Gasteiger partial charge in [-0.25, -0.2) is 14.4 Å². The van der Waals surface area contributed by atoms with Gasteiger partial charge in [0.15, 0.2) is 6.04 Å². The van der Waals surface area contributed by atoms with Gasteiger partial charge in [0.2, 0.25) is 17.7 Å². The smallest absolute Gasteiger partial charge is 0.480 e. The van der Waals surface area contributed by atoms with E-state index in [-0.39, 0.29) is 24.6 Å². The van der Waals surface area contributed by atoms with E-state index in [4.69, 9.17) is 36.0 Å². The van der Waals surface area contributed by atoms with Crippen LogP contribution in [-0.2, 0) is 14.4 Å². The second kappa shape index (κ2) is 13.1. The summed E-state index contributed by atoms with van der Waals surface area (Å²) in [5.74, 6) is -5.02. The van der Waals surface area contributed by atoms with Crippen LogP contribution in [-0.4, -0.2) is 79.4 Å². The van der Waals surface area contributed by atoms with E-state index in [1.165, 1.54) is 6.92 Å². The number of carboxylic acids is 2. The first-order valence-corrected chi connectivity index (χ1v) is 8.86. The zero-order valence-electron chi connectivity index (χ0n) is 16.9. The van der Waals surface area contributed by atoms with E-state index >= 15 is 0 Å². The number of hydrogen-bond donors (Lipinski definition) is 8. The van der Waals surface area contributed by atoms with Crippen LogP contribution in [0.25, 0.3) is 0 Å². The van der Waals surface area contributed by atoms with Gasteiger partial charge in [-0.15, -0.1) is 10.2 Å². The number of alkyl halides is 3. The highest BCUT2D eigenvalue weighted by atomic mass is 19.4. The minimum atomic E-state index is -5.08. The van der Waals surface area contributed by atoms with Crippen LogP contribution in [0.1, 0.15) is 43.6 Å². The average molecular weight is 488 g/mol. The first-order valence-electron chi connectivity index (χ1n) is 8.86. The first-order chi connectivity index (χ1) is 15.1. The molecule has 0 radical (unpaired) electrons. The van der Waals surface area contributed by atoms with Gasteiger partial charge in [0.1, 0.15) is 12.1 Å². The number of carbonyl (C=O) groups is 4. The summed E-state index contributed by atoms with van der Waals surface area (Å²) in [6.07, 6.45) is -6.19. The third-order valence-electron chi connectivity index (χ3n) is 3.57. The Morgan fingerprint density at radius 3 is 2.03 bits per heavy atom. The van der Waals surface area contributed by atoms with Crippen LogP contribution >= 0.6 is 0 Å². The van der Waals surface area contributed by atoms with Crippen LogP contribution in [0.5, 0.6) is 0 Å². The molecule has 4 atom stereocenters. The monoisotopic (exact) mass is 488 g/mol. The first kappa shape index (κ1) is 29.5. The lowest BCUT2D eigenvalue weighted by molar-refractivity contribution is -0.192. The summed E-state index contributed by atoms with van der Waals surface area (Å²) in [6.45, 7) is 0.606. The van der Waals surface area contributed by atoms with Gasteiger partial charge in [0, 0.05) is 6.42 Å². The number of nitrogens with zero attached hydrogens (tertiary/aromatic N) is 2. The van der Waals surface area contributed by atoms with E-state index in [9.17, 15) is 32.7 Å². The molecule has 15 nitrogen and oxygen atoms in total. The van der Waals surface area contributed by atoms with Crippen LogP contribution in [0.3, 0.4) is 0 Å². The van der Waals surface area contributed by atoms with Gasteiger partial charge in [0.25, 0.3) is 0 Å². The molecular weight excluding hydrogens is 465 g/mol. The Balaban J connectivity index is 0.00000126. The Morgan fingerprint density at radius 2 is 1.64 bits per heavy atom. The van der Waals surface area contributed by atoms with Crippen LogP contribution in [0.15, 0.2) is 4.42 Å². The van der Waals surface area contributed by atoms with Crippen molar-refractivity contribution < 1.29 is 57.2 Å². The maximum Gasteiger partial charge on any atom is 0.490 e. The number of rotatable bonds is 10.